The predicted molar refractivity (Wildman–Crippen MR) is 92.2 cm³/mol. The second-order valence-electron chi connectivity index (χ2n) is 5.01. The van der Waals surface area contributed by atoms with Crippen LogP contribution in [0.15, 0.2) is 54.6 Å². The van der Waals surface area contributed by atoms with Crippen LogP contribution in [-0.2, 0) is 9.53 Å². The Morgan fingerprint density at radius 2 is 1.74 bits per heavy atom. The highest BCUT2D eigenvalue weighted by Crippen LogP contribution is 2.16. The molecular weight excluding hydrogens is 292 g/mol. The third kappa shape index (κ3) is 5.30. The molecule has 0 atom stereocenters. The minimum atomic E-state index is -0.00313. The lowest BCUT2D eigenvalue weighted by atomic mass is 10.3. The first kappa shape index (κ1) is 16.8. The summed E-state index contributed by atoms with van der Waals surface area (Å²) in [5, 5.41) is 3.12. The Bertz CT molecular complexity index is 599. The van der Waals surface area contributed by atoms with E-state index in [1.807, 2.05) is 54.6 Å². The molecule has 0 spiro atoms. The largest absolute Gasteiger partial charge is 0.491 e. The molecule has 1 N–H and O–H groups in total. The average molecular weight is 314 g/mol. The topological polar surface area (TPSA) is 50.8 Å². The van der Waals surface area contributed by atoms with E-state index in [9.17, 15) is 4.79 Å². The van der Waals surface area contributed by atoms with Crippen molar-refractivity contribution in [2.45, 2.75) is 0 Å². The summed E-state index contributed by atoms with van der Waals surface area (Å²) in [7, 11) is 3.41. The van der Waals surface area contributed by atoms with Gasteiger partial charge in [-0.3, -0.25) is 4.79 Å². The van der Waals surface area contributed by atoms with E-state index >= 15 is 0 Å². The van der Waals surface area contributed by atoms with Crippen molar-refractivity contribution in [1.29, 1.82) is 0 Å². The number of likely N-dealkylation sites (N-methyl/N-ethyl adjacent to an activating group) is 1. The van der Waals surface area contributed by atoms with Crippen molar-refractivity contribution in [3.05, 3.63) is 54.6 Å². The molecule has 5 heteroatoms. The average Bonchev–Trinajstić information content (AvgIpc) is 2.61. The van der Waals surface area contributed by atoms with Gasteiger partial charge >= 0.3 is 0 Å². The molecule has 0 radical (unpaired) electrons. The Hall–Kier alpha value is -2.53. The zero-order valence-corrected chi connectivity index (χ0v) is 13.5. The van der Waals surface area contributed by atoms with Gasteiger partial charge in [-0.1, -0.05) is 18.2 Å². The van der Waals surface area contributed by atoms with Gasteiger partial charge in [-0.2, -0.15) is 0 Å². The Balaban J connectivity index is 1.82. The van der Waals surface area contributed by atoms with Crippen LogP contribution in [0.5, 0.6) is 5.75 Å². The maximum absolute atomic E-state index is 12.2. The molecule has 0 heterocycles. The van der Waals surface area contributed by atoms with Crippen LogP contribution in [0.1, 0.15) is 0 Å². The van der Waals surface area contributed by atoms with E-state index in [1.54, 1.807) is 19.1 Å². The smallest absolute Gasteiger partial charge is 0.246 e. The summed E-state index contributed by atoms with van der Waals surface area (Å²) in [5.41, 5.74) is 1.75. The third-order valence-electron chi connectivity index (χ3n) is 3.37. The van der Waals surface area contributed by atoms with Gasteiger partial charge in [0.05, 0.1) is 13.2 Å². The molecule has 0 bridgehead atoms. The number of carbonyl (C=O) groups is 1. The van der Waals surface area contributed by atoms with E-state index in [4.69, 9.17) is 9.47 Å². The lowest BCUT2D eigenvalue weighted by molar-refractivity contribution is -0.116. The van der Waals surface area contributed by atoms with Gasteiger partial charge in [-0.05, 0) is 36.4 Å². The second-order valence-corrected chi connectivity index (χ2v) is 5.01. The fraction of sp³-hybridized carbons (Fsp3) is 0.278. The molecule has 0 saturated carbocycles. The number of anilines is 2. The number of benzene rings is 2. The number of nitrogens with zero attached hydrogens (tertiary/aromatic N) is 1. The fourth-order valence-corrected chi connectivity index (χ4v) is 2.00. The number of ether oxygens (including phenoxy) is 2. The van der Waals surface area contributed by atoms with Gasteiger partial charge in [-0.25, -0.2) is 0 Å². The molecule has 0 aromatic heterocycles. The van der Waals surface area contributed by atoms with Crippen molar-refractivity contribution < 1.29 is 14.3 Å². The Morgan fingerprint density at radius 1 is 1.04 bits per heavy atom. The SMILES string of the molecule is COCCOc1ccc(NCC(=O)N(C)c2ccccc2)cc1. The van der Waals surface area contributed by atoms with Crippen LogP contribution in [0.25, 0.3) is 0 Å². The number of carbonyl (C=O) groups excluding carboxylic acids is 1. The van der Waals surface area contributed by atoms with Gasteiger partial charge in [-0.15, -0.1) is 0 Å². The molecule has 1 amide bonds. The number of methoxy groups -OCH3 is 1. The molecule has 2 aromatic rings. The van der Waals surface area contributed by atoms with Gasteiger partial charge in [0.2, 0.25) is 5.91 Å². The number of hydrogen-bond donors (Lipinski definition) is 1. The highest BCUT2D eigenvalue weighted by Gasteiger charge is 2.09. The van der Waals surface area contributed by atoms with Crippen LogP contribution >= 0.6 is 0 Å². The van der Waals surface area contributed by atoms with Crippen molar-refractivity contribution in [1.82, 2.24) is 0 Å². The lowest BCUT2D eigenvalue weighted by Crippen LogP contribution is -2.32. The molecule has 0 aliphatic carbocycles. The number of rotatable bonds is 8. The van der Waals surface area contributed by atoms with Crippen molar-refractivity contribution in [2.75, 3.05) is 44.1 Å². The van der Waals surface area contributed by atoms with E-state index in [-0.39, 0.29) is 12.5 Å². The lowest BCUT2D eigenvalue weighted by Gasteiger charge is -2.18. The van der Waals surface area contributed by atoms with E-state index < -0.39 is 0 Å². The number of para-hydroxylation sites is 1. The molecule has 0 saturated heterocycles. The maximum atomic E-state index is 12.2. The van der Waals surface area contributed by atoms with Crippen molar-refractivity contribution in [2.24, 2.45) is 0 Å². The molecule has 2 aromatic carbocycles. The summed E-state index contributed by atoms with van der Waals surface area (Å²) in [5.74, 6) is 0.775. The predicted octanol–water partition coefficient (Wildman–Crippen LogP) is 2.79. The van der Waals surface area contributed by atoms with Crippen LogP contribution in [0.2, 0.25) is 0 Å². The zero-order valence-electron chi connectivity index (χ0n) is 13.5. The van der Waals surface area contributed by atoms with E-state index in [1.165, 1.54) is 0 Å². The minimum Gasteiger partial charge on any atom is -0.491 e. The van der Waals surface area contributed by atoms with Gasteiger partial charge in [0, 0.05) is 25.5 Å². The molecular formula is C18H22N2O3. The summed E-state index contributed by atoms with van der Waals surface area (Å²) in [6.07, 6.45) is 0. The molecule has 0 fully saturated rings. The Labute approximate surface area is 136 Å². The molecule has 23 heavy (non-hydrogen) atoms. The number of hydrogen-bond acceptors (Lipinski definition) is 4. The van der Waals surface area contributed by atoms with Crippen LogP contribution in [0, 0.1) is 0 Å². The zero-order chi connectivity index (χ0) is 16.5. The van der Waals surface area contributed by atoms with Crippen molar-refractivity contribution in [3.8, 4) is 5.75 Å². The highest BCUT2D eigenvalue weighted by atomic mass is 16.5. The van der Waals surface area contributed by atoms with Crippen LogP contribution in [0.3, 0.4) is 0 Å². The molecule has 5 nitrogen and oxygen atoms in total. The van der Waals surface area contributed by atoms with Crippen LogP contribution in [0.4, 0.5) is 11.4 Å². The van der Waals surface area contributed by atoms with Gasteiger partial charge in [0.25, 0.3) is 0 Å². The summed E-state index contributed by atoms with van der Waals surface area (Å²) in [6, 6.07) is 17.1. The quantitative estimate of drug-likeness (QED) is 0.761. The first-order chi connectivity index (χ1) is 11.2. The highest BCUT2D eigenvalue weighted by molar-refractivity contribution is 5.95. The summed E-state index contributed by atoms with van der Waals surface area (Å²) in [6.45, 7) is 1.30. The van der Waals surface area contributed by atoms with E-state index in [0.29, 0.717) is 13.2 Å². The van der Waals surface area contributed by atoms with Crippen molar-refractivity contribution in [3.63, 3.8) is 0 Å². The van der Waals surface area contributed by atoms with Gasteiger partial charge < -0.3 is 19.7 Å². The normalized spacial score (nSPS) is 10.2. The third-order valence-corrected chi connectivity index (χ3v) is 3.37. The monoisotopic (exact) mass is 314 g/mol. The van der Waals surface area contributed by atoms with Gasteiger partial charge in [0.1, 0.15) is 12.4 Å². The van der Waals surface area contributed by atoms with Crippen molar-refractivity contribution >= 4 is 17.3 Å². The molecule has 0 aliphatic rings. The maximum Gasteiger partial charge on any atom is 0.246 e. The van der Waals surface area contributed by atoms with E-state index in [2.05, 4.69) is 5.32 Å². The first-order valence-electron chi connectivity index (χ1n) is 7.48. The molecule has 122 valence electrons. The van der Waals surface area contributed by atoms with Crippen LogP contribution in [-0.4, -0.2) is 39.8 Å². The summed E-state index contributed by atoms with van der Waals surface area (Å²) < 4.78 is 10.4. The number of amides is 1. The Morgan fingerprint density at radius 3 is 2.39 bits per heavy atom. The molecule has 0 aliphatic heterocycles. The molecule has 0 unspecified atom stereocenters. The Kier molecular flexibility index (Phi) is 6.44. The van der Waals surface area contributed by atoms with E-state index in [0.717, 1.165) is 17.1 Å². The van der Waals surface area contributed by atoms with Gasteiger partial charge in [0.15, 0.2) is 0 Å². The number of nitrogens with one attached hydrogen (secondary N) is 1. The molecule has 2 rings (SSSR count). The first-order valence-corrected chi connectivity index (χ1v) is 7.48. The fourth-order valence-electron chi connectivity index (χ4n) is 2.00. The minimum absolute atomic E-state index is 0.00313. The second kappa shape index (κ2) is 8.80. The summed E-state index contributed by atoms with van der Waals surface area (Å²) >= 11 is 0. The standard InChI is InChI=1S/C18H22N2O3/c1-20(16-6-4-3-5-7-16)18(21)14-19-15-8-10-17(11-9-15)23-13-12-22-2/h3-11,19H,12-14H2,1-2H3. The van der Waals surface area contributed by atoms with Crippen LogP contribution < -0.4 is 15.0 Å². The summed E-state index contributed by atoms with van der Waals surface area (Å²) in [4.78, 5) is 13.8.